The molecule has 4 heteroatoms. The molecule has 0 aromatic carbocycles. The summed E-state index contributed by atoms with van der Waals surface area (Å²) in [5.74, 6) is 4.46. The van der Waals surface area contributed by atoms with Gasteiger partial charge in [0.2, 0.25) is 0 Å². The molecule has 11 atom stereocenters. The third kappa shape index (κ3) is 4.51. The first-order valence-corrected chi connectivity index (χ1v) is 14.9. The monoisotopic (exact) mass is 490 g/mol. The molecule has 0 aromatic rings. The van der Waals surface area contributed by atoms with E-state index in [1.54, 1.807) is 0 Å². The molecule has 35 heavy (non-hydrogen) atoms. The molecule has 0 amide bonds. The molecule has 0 saturated heterocycles. The average Bonchev–Trinajstić information content (AvgIpc) is 3.13. The van der Waals surface area contributed by atoms with Crippen molar-refractivity contribution >= 4 is 5.97 Å². The Morgan fingerprint density at radius 2 is 1.74 bits per heavy atom. The number of ether oxygens (including phenoxy) is 1. The number of carbonyl (C=O) groups is 1. The number of rotatable bonds is 7. The van der Waals surface area contributed by atoms with Crippen LogP contribution in [0.1, 0.15) is 119 Å². The Morgan fingerprint density at radius 3 is 2.37 bits per heavy atom. The van der Waals surface area contributed by atoms with E-state index in [1.807, 2.05) is 0 Å². The van der Waals surface area contributed by atoms with Crippen molar-refractivity contribution in [2.24, 2.45) is 52.3 Å². The third-order valence-corrected chi connectivity index (χ3v) is 12.4. The zero-order chi connectivity index (χ0) is 25.8. The zero-order valence-corrected chi connectivity index (χ0v) is 23.7. The Bertz CT molecular complexity index is 765. The second-order valence-electron chi connectivity index (χ2n) is 14.1. The quantitative estimate of drug-likeness (QED) is 0.387. The lowest BCUT2D eigenvalue weighted by Crippen LogP contribution is -2.68. The molecule has 0 aliphatic heterocycles. The summed E-state index contributed by atoms with van der Waals surface area (Å²) in [6, 6.07) is 0. The van der Waals surface area contributed by atoms with E-state index in [2.05, 4.69) is 41.5 Å². The number of aliphatic hydroxyl groups excluding tert-OH is 1. The van der Waals surface area contributed by atoms with E-state index in [9.17, 15) is 15.0 Å². The van der Waals surface area contributed by atoms with Gasteiger partial charge in [-0.2, -0.15) is 0 Å². The zero-order valence-electron chi connectivity index (χ0n) is 23.7. The van der Waals surface area contributed by atoms with Gasteiger partial charge in [0.15, 0.2) is 0 Å². The Hall–Kier alpha value is -0.610. The minimum atomic E-state index is -1.16. The Kier molecular flexibility index (Phi) is 7.78. The molecular weight excluding hydrogens is 436 g/mol. The highest BCUT2D eigenvalue weighted by Gasteiger charge is 2.67. The number of carbonyl (C=O) groups excluding carboxylic acids is 1. The lowest BCUT2D eigenvalue weighted by atomic mass is 9.42. The maximum atomic E-state index is 11.9. The molecule has 0 bridgehead atoms. The minimum Gasteiger partial charge on any atom is -0.462 e. The lowest BCUT2D eigenvalue weighted by molar-refractivity contribution is -0.266. The molecule has 0 spiro atoms. The largest absolute Gasteiger partial charge is 0.462 e. The molecule has 4 fully saturated rings. The minimum absolute atomic E-state index is 0.278. The van der Waals surface area contributed by atoms with Crippen molar-refractivity contribution in [1.82, 2.24) is 0 Å². The Morgan fingerprint density at radius 1 is 1.03 bits per heavy atom. The molecule has 202 valence electrons. The van der Waals surface area contributed by atoms with Crippen molar-refractivity contribution in [3.8, 4) is 0 Å². The normalized spacial score (nSPS) is 46.9. The second kappa shape index (κ2) is 9.93. The van der Waals surface area contributed by atoms with Gasteiger partial charge in [0.05, 0.1) is 11.7 Å². The van der Waals surface area contributed by atoms with Crippen molar-refractivity contribution in [3.63, 3.8) is 0 Å². The number of fused-ring (bicyclic) bond motifs is 5. The molecular formula is C31H54O4. The van der Waals surface area contributed by atoms with Gasteiger partial charge < -0.3 is 14.9 Å². The summed E-state index contributed by atoms with van der Waals surface area (Å²) in [6.07, 6.45) is 10.7. The number of aliphatic hydroxyl groups is 2. The van der Waals surface area contributed by atoms with E-state index in [1.165, 1.54) is 45.4 Å². The molecule has 4 aliphatic carbocycles. The van der Waals surface area contributed by atoms with E-state index in [0.717, 1.165) is 42.9 Å². The van der Waals surface area contributed by atoms with Crippen LogP contribution >= 0.6 is 0 Å². The van der Waals surface area contributed by atoms with Gasteiger partial charge in [-0.05, 0) is 98.2 Å². The van der Waals surface area contributed by atoms with Crippen LogP contribution in [-0.2, 0) is 9.53 Å². The van der Waals surface area contributed by atoms with Crippen molar-refractivity contribution in [3.05, 3.63) is 0 Å². The molecule has 4 saturated carbocycles. The molecule has 0 unspecified atom stereocenters. The first-order chi connectivity index (χ1) is 16.4. The summed E-state index contributed by atoms with van der Waals surface area (Å²) in [4.78, 5) is 11.6. The standard InChI is InChI=1S/C31H54O4/c1-8-22(19(2)3)10-9-20(4)25-11-12-26-24-17-28(33)31(34)18-23(35-21(5)32)13-16-30(31,7)27(24)14-15-29(25,26)6/h19-20,22-28,33-34H,8-18H2,1-7H3/t20-,22-,23+,24+,25-,26+,27+,28-,29-,30-,31+/m1/s1. The first kappa shape index (κ1) is 27.4. The third-order valence-electron chi connectivity index (χ3n) is 12.4. The van der Waals surface area contributed by atoms with E-state index in [-0.39, 0.29) is 17.5 Å². The van der Waals surface area contributed by atoms with Crippen LogP contribution < -0.4 is 0 Å². The highest BCUT2D eigenvalue weighted by atomic mass is 16.5. The number of hydrogen-bond donors (Lipinski definition) is 2. The van der Waals surface area contributed by atoms with Crippen LogP contribution in [-0.4, -0.2) is 34.0 Å². The van der Waals surface area contributed by atoms with Gasteiger partial charge in [-0.1, -0.05) is 54.4 Å². The number of hydrogen-bond acceptors (Lipinski definition) is 4. The predicted molar refractivity (Wildman–Crippen MR) is 141 cm³/mol. The van der Waals surface area contributed by atoms with Gasteiger partial charge in [-0.25, -0.2) is 0 Å². The molecule has 4 rings (SSSR count). The second-order valence-corrected chi connectivity index (χ2v) is 14.1. The summed E-state index contributed by atoms with van der Waals surface area (Å²) in [6.45, 7) is 15.9. The fraction of sp³-hybridized carbons (Fsp3) is 0.968. The fourth-order valence-corrected chi connectivity index (χ4v) is 10.2. The summed E-state index contributed by atoms with van der Waals surface area (Å²) in [5.41, 5.74) is -1.10. The van der Waals surface area contributed by atoms with Crippen molar-refractivity contribution in [2.45, 2.75) is 137 Å². The van der Waals surface area contributed by atoms with E-state index >= 15 is 0 Å². The van der Waals surface area contributed by atoms with E-state index < -0.39 is 11.7 Å². The van der Waals surface area contributed by atoms with Gasteiger partial charge in [0.1, 0.15) is 6.10 Å². The number of esters is 1. The van der Waals surface area contributed by atoms with Gasteiger partial charge >= 0.3 is 5.97 Å². The lowest BCUT2D eigenvalue weighted by Gasteiger charge is -2.65. The van der Waals surface area contributed by atoms with Gasteiger partial charge in [-0.3, -0.25) is 4.79 Å². The van der Waals surface area contributed by atoms with Crippen LogP contribution in [0.4, 0.5) is 0 Å². The smallest absolute Gasteiger partial charge is 0.302 e. The summed E-state index contributed by atoms with van der Waals surface area (Å²) in [5, 5.41) is 23.4. The Balaban J connectivity index is 1.50. The van der Waals surface area contributed by atoms with Gasteiger partial charge in [0.25, 0.3) is 0 Å². The topological polar surface area (TPSA) is 66.8 Å². The maximum absolute atomic E-state index is 11.9. The Labute approximate surface area is 215 Å². The van der Waals surface area contributed by atoms with Crippen molar-refractivity contribution in [2.75, 3.05) is 0 Å². The van der Waals surface area contributed by atoms with Crippen LogP contribution in [0.3, 0.4) is 0 Å². The van der Waals surface area contributed by atoms with E-state index in [0.29, 0.717) is 36.0 Å². The highest BCUT2D eigenvalue weighted by Crippen LogP contribution is 2.69. The molecule has 4 nitrogen and oxygen atoms in total. The first-order valence-electron chi connectivity index (χ1n) is 14.9. The van der Waals surface area contributed by atoms with Crippen LogP contribution in [0, 0.1) is 52.3 Å². The van der Waals surface area contributed by atoms with Crippen LogP contribution in [0.15, 0.2) is 0 Å². The molecule has 0 aromatic heterocycles. The van der Waals surface area contributed by atoms with Gasteiger partial charge in [-0.15, -0.1) is 0 Å². The van der Waals surface area contributed by atoms with Crippen LogP contribution in [0.2, 0.25) is 0 Å². The summed E-state index contributed by atoms with van der Waals surface area (Å²) < 4.78 is 5.51. The molecule has 0 radical (unpaired) electrons. The summed E-state index contributed by atoms with van der Waals surface area (Å²) in [7, 11) is 0. The predicted octanol–water partition coefficient (Wildman–Crippen LogP) is 6.76. The van der Waals surface area contributed by atoms with E-state index in [4.69, 9.17) is 4.74 Å². The maximum Gasteiger partial charge on any atom is 0.302 e. The van der Waals surface area contributed by atoms with Crippen molar-refractivity contribution in [1.29, 1.82) is 0 Å². The fourth-order valence-electron chi connectivity index (χ4n) is 10.2. The SMILES string of the molecule is CC[C@H](CC[C@@H](C)[C@H]1CC[C@H]2[C@@H]3C[C@@H](O)[C@@]4(O)C[C@@H](OC(C)=O)CC[C@]4(C)[C@H]3CC[C@]12C)C(C)C. The van der Waals surface area contributed by atoms with Crippen LogP contribution in [0.25, 0.3) is 0 Å². The van der Waals surface area contributed by atoms with Crippen LogP contribution in [0.5, 0.6) is 0 Å². The van der Waals surface area contributed by atoms with Gasteiger partial charge in [0, 0.05) is 18.8 Å². The summed E-state index contributed by atoms with van der Waals surface area (Å²) >= 11 is 0. The molecule has 4 aliphatic rings. The molecule has 2 N–H and O–H groups in total. The highest BCUT2D eigenvalue weighted by molar-refractivity contribution is 5.66. The average molecular weight is 491 g/mol. The molecule has 0 heterocycles. The van der Waals surface area contributed by atoms with Crippen molar-refractivity contribution < 1.29 is 19.7 Å².